The van der Waals surface area contributed by atoms with Crippen LogP contribution in [0.15, 0.2) is 22.8 Å². The zero-order valence-electron chi connectivity index (χ0n) is 15.0. The van der Waals surface area contributed by atoms with E-state index in [2.05, 4.69) is 10.6 Å². The van der Waals surface area contributed by atoms with E-state index < -0.39 is 5.97 Å². The van der Waals surface area contributed by atoms with Gasteiger partial charge in [0.25, 0.3) is 5.91 Å². The van der Waals surface area contributed by atoms with Crippen molar-refractivity contribution in [1.29, 1.82) is 5.26 Å². The first-order valence-electron chi connectivity index (χ1n) is 8.30. The SMILES string of the molecule is CCOC(=O)c1sc(NC(=O)CCCNC(=O)c2ccco2)c(C#N)c1C. The van der Waals surface area contributed by atoms with Crippen LogP contribution >= 0.6 is 11.3 Å². The van der Waals surface area contributed by atoms with Crippen LogP contribution in [0.5, 0.6) is 0 Å². The minimum absolute atomic E-state index is 0.148. The number of thiophene rings is 1. The van der Waals surface area contributed by atoms with Crippen LogP contribution in [0.4, 0.5) is 5.00 Å². The van der Waals surface area contributed by atoms with Crippen LogP contribution in [0.1, 0.15) is 51.1 Å². The Balaban J connectivity index is 1.88. The fraction of sp³-hybridized carbons (Fsp3) is 0.333. The van der Waals surface area contributed by atoms with E-state index >= 15 is 0 Å². The molecule has 0 aromatic carbocycles. The second-order valence-corrected chi connectivity index (χ2v) is 6.50. The lowest BCUT2D eigenvalue weighted by Gasteiger charge is -2.04. The second kappa shape index (κ2) is 9.54. The maximum absolute atomic E-state index is 12.1. The third-order valence-corrected chi connectivity index (χ3v) is 4.77. The number of nitrogens with zero attached hydrogens (tertiary/aromatic N) is 1. The first kappa shape index (κ1) is 20.2. The van der Waals surface area contributed by atoms with E-state index in [0.717, 1.165) is 11.3 Å². The molecule has 2 rings (SSSR count). The number of amides is 2. The molecule has 0 aliphatic heterocycles. The number of esters is 1. The van der Waals surface area contributed by atoms with Crippen molar-refractivity contribution in [2.75, 3.05) is 18.5 Å². The van der Waals surface area contributed by atoms with Gasteiger partial charge >= 0.3 is 5.97 Å². The van der Waals surface area contributed by atoms with Gasteiger partial charge in [0.2, 0.25) is 5.91 Å². The summed E-state index contributed by atoms with van der Waals surface area (Å²) in [7, 11) is 0. The molecule has 9 heteroatoms. The van der Waals surface area contributed by atoms with Gasteiger partial charge in [-0.15, -0.1) is 11.3 Å². The summed E-state index contributed by atoms with van der Waals surface area (Å²) >= 11 is 1.02. The van der Waals surface area contributed by atoms with E-state index in [1.54, 1.807) is 26.0 Å². The van der Waals surface area contributed by atoms with Crippen LogP contribution in [0.2, 0.25) is 0 Å². The van der Waals surface area contributed by atoms with Crippen molar-refractivity contribution in [2.24, 2.45) is 0 Å². The Kier molecular flexibility index (Phi) is 7.14. The molecule has 2 heterocycles. The summed E-state index contributed by atoms with van der Waals surface area (Å²) in [6, 6.07) is 5.17. The average molecular weight is 389 g/mol. The molecule has 8 nitrogen and oxygen atoms in total. The van der Waals surface area contributed by atoms with Gasteiger partial charge in [-0.2, -0.15) is 5.26 Å². The van der Waals surface area contributed by atoms with E-state index in [0.29, 0.717) is 28.4 Å². The number of rotatable bonds is 8. The summed E-state index contributed by atoms with van der Waals surface area (Å²) in [5.74, 6) is -0.966. The molecule has 0 aliphatic rings. The summed E-state index contributed by atoms with van der Waals surface area (Å²) in [6.07, 6.45) is 1.97. The summed E-state index contributed by atoms with van der Waals surface area (Å²) in [5.41, 5.74) is 0.740. The van der Waals surface area contributed by atoms with Gasteiger partial charge in [-0.1, -0.05) is 0 Å². The smallest absolute Gasteiger partial charge is 0.348 e. The molecule has 0 unspecified atom stereocenters. The van der Waals surface area contributed by atoms with E-state index in [4.69, 9.17) is 9.15 Å². The second-order valence-electron chi connectivity index (χ2n) is 5.48. The number of anilines is 1. The highest BCUT2D eigenvalue weighted by molar-refractivity contribution is 7.18. The Hall–Kier alpha value is -3.12. The molecule has 0 fully saturated rings. The molecule has 142 valence electrons. The van der Waals surface area contributed by atoms with E-state index in [1.807, 2.05) is 6.07 Å². The number of ether oxygens (including phenoxy) is 1. The van der Waals surface area contributed by atoms with Crippen molar-refractivity contribution in [3.63, 3.8) is 0 Å². The molecule has 2 aromatic rings. The molecule has 2 amide bonds. The van der Waals surface area contributed by atoms with Gasteiger partial charge in [0.05, 0.1) is 18.4 Å². The van der Waals surface area contributed by atoms with E-state index in [1.165, 1.54) is 6.26 Å². The van der Waals surface area contributed by atoms with Gasteiger partial charge in [-0.25, -0.2) is 4.79 Å². The molecule has 0 atom stereocenters. The van der Waals surface area contributed by atoms with Crippen LogP contribution in [0.3, 0.4) is 0 Å². The first-order chi connectivity index (χ1) is 13.0. The van der Waals surface area contributed by atoms with Crippen molar-refractivity contribution >= 4 is 34.1 Å². The van der Waals surface area contributed by atoms with Crippen molar-refractivity contribution in [1.82, 2.24) is 5.32 Å². The van der Waals surface area contributed by atoms with Crippen molar-refractivity contribution in [3.8, 4) is 6.07 Å². The minimum Gasteiger partial charge on any atom is -0.462 e. The van der Waals surface area contributed by atoms with E-state index in [9.17, 15) is 19.6 Å². The van der Waals surface area contributed by atoms with Gasteiger partial charge in [-0.3, -0.25) is 9.59 Å². The van der Waals surface area contributed by atoms with Crippen molar-refractivity contribution in [3.05, 3.63) is 40.2 Å². The molecule has 0 spiro atoms. The average Bonchev–Trinajstić information content (AvgIpc) is 3.27. The first-order valence-corrected chi connectivity index (χ1v) is 9.11. The Bertz CT molecular complexity index is 864. The molecule has 0 aliphatic carbocycles. The van der Waals surface area contributed by atoms with Gasteiger partial charge in [0, 0.05) is 13.0 Å². The number of hydrogen-bond donors (Lipinski definition) is 2. The molecule has 0 radical (unpaired) electrons. The van der Waals surface area contributed by atoms with Gasteiger partial charge in [0.1, 0.15) is 15.9 Å². The van der Waals surface area contributed by atoms with Crippen LogP contribution in [0.25, 0.3) is 0 Å². The third-order valence-electron chi connectivity index (χ3n) is 3.58. The third kappa shape index (κ3) is 5.18. The molecule has 2 aromatic heterocycles. The van der Waals surface area contributed by atoms with Crippen molar-refractivity contribution < 1.29 is 23.5 Å². The summed E-state index contributed by atoms with van der Waals surface area (Å²) in [4.78, 5) is 36.0. The highest BCUT2D eigenvalue weighted by atomic mass is 32.1. The van der Waals surface area contributed by atoms with Crippen LogP contribution in [-0.4, -0.2) is 30.9 Å². The highest BCUT2D eigenvalue weighted by Crippen LogP contribution is 2.33. The predicted molar refractivity (Wildman–Crippen MR) is 98.6 cm³/mol. The monoisotopic (exact) mass is 389 g/mol. The zero-order chi connectivity index (χ0) is 19.8. The van der Waals surface area contributed by atoms with E-state index in [-0.39, 0.29) is 36.2 Å². The highest BCUT2D eigenvalue weighted by Gasteiger charge is 2.22. The lowest BCUT2D eigenvalue weighted by atomic mass is 10.1. The van der Waals surface area contributed by atoms with Crippen molar-refractivity contribution in [2.45, 2.75) is 26.7 Å². The molecule has 27 heavy (non-hydrogen) atoms. The Labute approximate surface area is 160 Å². The maximum atomic E-state index is 12.1. The summed E-state index contributed by atoms with van der Waals surface area (Å²) in [5, 5.41) is 14.9. The fourth-order valence-corrected chi connectivity index (χ4v) is 3.33. The zero-order valence-corrected chi connectivity index (χ0v) is 15.8. The number of hydrogen-bond acceptors (Lipinski definition) is 7. The quantitative estimate of drug-likeness (QED) is 0.529. The van der Waals surface area contributed by atoms with Gasteiger partial charge in [-0.05, 0) is 38.0 Å². The summed E-state index contributed by atoms with van der Waals surface area (Å²) in [6.45, 7) is 3.86. The topological polar surface area (TPSA) is 121 Å². The lowest BCUT2D eigenvalue weighted by molar-refractivity contribution is -0.116. The maximum Gasteiger partial charge on any atom is 0.348 e. The number of carbonyl (C=O) groups excluding carboxylic acids is 3. The normalized spacial score (nSPS) is 10.1. The lowest BCUT2D eigenvalue weighted by Crippen LogP contribution is -2.25. The van der Waals surface area contributed by atoms with Crippen LogP contribution < -0.4 is 10.6 Å². The number of furan rings is 1. The molecule has 2 N–H and O–H groups in total. The fourth-order valence-electron chi connectivity index (χ4n) is 2.26. The molecular weight excluding hydrogens is 370 g/mol. The Morgan fingerprint density at radius 1 is 1.37 bits per heavy atom. The number of nitrogens with one attached hydrogen (secondary N) is 2. The molecule has 0 bridgehead atoms. The van der Waals surface area contributed by atoms with Crippen LogP contribution in [-0.2, 0) is 9.53 Å². The van der Waals surface area contributed by atoms with Gasteiger partial charge < -0.3 is 19.8 Å². The molecule has 0 saturated heterocycles. The molecule has 0 saturated carbocycles. The van der Waals surface area contributed by atoms with Gasteiger partial charge in [0.15, 0.2) is 5.76 Å². The largest absolute Gasteiger partial charge is 0.462 e. The summed E-state index contributed by atoms with van der Waals surface area (Å²) < 4.78 is 9.93. The predicted octanol–water partition coefficient (Wildman–Crippen LogP) is 2.85. The number of carbonyl (C=O) groups is 3. The Morgan fingerprint density at radius 3 is 2.78 bits per heavy atom. The Morgan fingerprint density at radius 2 is 2.15 bits per heavy atom. The number of nitriles is 1. The minimum atomic E-state index is -0.516. The molecular formula is C18H19N3O5S. The van der Waals surface area contributed by atoms with Crippen LogP contribution in [0, 0.1) is 18.3 Å². The standard InChI is InChI=1S/C18H19N3O5S/c1-3-25-18(24)15-11(2)12(10-19)17(27-15)21-14(22)7-4-8-20-16(23)13-6-5-9-26-13/h5-6,9H,3-4,7-8H2,1-2H3,(H,20,23)(H,21,22).